The molecule has 2 rings (SSSR count). The number of primary amides is 1. The summed E-state index contributed by atoms with van der Waals surface area (Å²) in [5.74, 6) is 0.592. The molecule has 0 aliphatic heterocycles. The fraction of sp³-hybridized carbons (Fsp3) is 0.588. The molecule has 1 saturated carbocycles. The molecule has 4 heteroatoms. The zero-order chi connectivity index (χ0) is 15.5. The Morgan fingerprint density at radius 1 is 1.38 bits per heavy atom. The van der Waals surface area contributed by atoms with Crippen molar-refractivity contribution in [2.75, 3.05) is 6.61 Å². The number of carbonyl (C=O) groups excluding carboxylic acids is 1. The number of rotatable bonds is 7. The highest BCUT2D eigenvalue weighted by atomic mass is 16.5. The first kappa shape index (κ1) is 15.8. The largest absolute Gasteiger partial charge is 0.493 e. The first-order chi connectivity index (χ1) is 9.88. The molecule has 0 heterocycles. The maximum absolute atomic E-state index is 11.4. The average molecular weight is 290 g/mol. The van der Waals surface area contributed by atoms with Gasteiger partial charge in [0.25, 0.3) is 0 Å². The molecule has 1 aliphatic rings. The van der Waals surface area contributed by atoms with Crippen molar-refractivity contribution in [3.05, 3.63) is 29.8 Å². The number of benzene rings is 1. The van der Waals surface area contributed by atoms with Gasteiger partial charge in [-0.05, 0) is 29.9 Å². The Hall–Kier alpha value is -1.55. The Labute approximate surface area is 127 Å². The minimum absolute atomic E-state index is 0.0337. The molecule has 1 aromatic carbocycles. The fourth-order valence-corrected chi connectivity index (χ4v) is 2.34. The van der Waals surface area contributed by atoms with Gasteiger partial charge in [0.05, 0.1) is 12.6 Å². The van der Waals surface area contributed by atoms with Gasteiger partial charge in [0.15, 0.2) is 0 Å². The molecule has 1 atom stereocenters. The second-order valence-electron chi connectivity index (χ2n) is 6.78. The summed E-state index contributed by atoms with van der Waals surface area (Å²) in [4.78, 5) is 11.4. The Balaban J connectivity index is 1.91. The van der Waals surface area contributed by atoms with E-state index in [4.69, 9.17) is 10.5 Å². The quantitative estimate of drug-likeness (QED) is 0.810. The van der Waals surface area contributed by atoms with Crippen molar-refractivity contribution < 1.29 is 9.53 Å². The highest BCUT2D eigenvalue weighted by Crippen LogP contribution is 2.31. The molecule has 0 bridgehead atoms. The van der Waals surface area contributed by atoms with E-state index >= 15 is 0 Å². The van der Waals surface area contributed by atoms with Crippen LogP contribution in [0.1, 0.15) is 45.6 Å². The molecule has 1 aromatic rings. The summed E-state index contributed by atoms with van der Waals surface area (Å²) in [6, 6.07) is 8.23. The predicted molar refractivity (Wildman–Crippen MR) is 84.4 cm³/mol. The SMILES string of the molecule is CC(C)(C)c1ccccc1OCCC(NC1CC1)C(N)=O. The lowest BCUT2D eigenvalue weighted by Crippen LogP contribution is -2.43. The standard InChI is InChI=1S/C17H26N2O2/c1-17(2,3)13-6-4-5-7-15(13)21-11-10-14(16(18)20)19-12-8-9-12/h4-7,12,14,19H,8-11H2,1-3H3,(H2,18,20). The normalized spacial score (nSPS) is 16.5. The molecular formula is C17H26N2O2. The number of carbonyl (C=O) groups is 1. The van der Waals surface area contributed by atoms with Crippen molar-refractivity contribution in [1.29, 1.82) is 0 Å². The molecule has 0 aromatic heterocycles. The van der Waals surface area contributed by atoms with Crippen LogP contribution in [0.25, 0.3) is 0 Å². The zero-order valence-electron chi connectivity index (χ0n) is 13.2. The van der Waals surface area contributed by atoms with E-state index in [1.165, 1.54) is 5.56 Å². The van der Waals surface area contributed by atoms with E-state index in [1.54, 1.807) is 0 Å². The van der Waals surface area contributed by atoms with Crippen LogP contribution in [0.4, 0.5) is 0 Å². The van der Waals surface area contributed by atoms with Crippen LogP contribution in [0.2, 0.25) is 0 Å². The number of para-hydroxylation sites is 1. The van der Waals surface area contributed by atoms with E-state index in [2.05, 4.69) is 32.2 Å². The lowest BCUT2D eigenvalue weighted by Gasteiger charge is -2.23. The van der Waals surface area contributed by atoms with Crippen LogP contribution in [-0.2, 0) is 10.2 Å². The summed E-state index contributed by atoms with van der Waals surface area (Å²) in [5, 5.41) is 3.27. The van der Waals surface area contributed by atoms with E-state index < -0.39 is 0 Å². The lowest BCUT2D eigenvalue weighted by molar-refractivity contribution is -0.120. The van der Waals surface area contributed by atoms with Crippen LogP contribution in [0.15, 0.2) is 24.3 Å². The summed E-state index contributed by atoms with van der Waals surface area (Å²) in [7, 11) is 0. The van der Waals surface area contributed by atoms with Crippen molar-refractivity contribution >= 4 is 5.91 Å². The molecule has 1 fully saturated rings. The number of nitrogens with one attached hydrogen (secondary N) is 1. The second-order valence-corrected chi connectivity index (χ2v) is 6.78. The first-order valence-corrected chi connectivity index (χ1v) is 7.65. The summed E-state index contributed by atoms with van der Waals surface area (Å²) in [6.45, 7) is 6.97. The van der Waals surface area contributed by atoms with Gasteiger partial charge in [-0.1, -0.05) is 39.0 Å². The minimum Gasteiger partial charge on any atom is -0.493 e. The molecule has 0 saturated heterocycles. The molecular weight excluding hydrogens is 264 g/mol. The van der Waals surface area contributed by atoms with Crippen molar-refractivity contribution in [1.82, 2.24) is 5.32 Å². The maximum atomic E-state index is 11.4. The van der Waals surface area contributed by atoms with Gasteiger partial charge < -0.3 is 15.8 Å². The lowest BCUT2D eigenvalue weighted by atomic mass is 9.86. The number of ether oxygens (including phenoxy) is 1. The molecule has 3 N–H and O–H groups in total. The summed E-state index contributed by atoms with van der Waals surface area (Å²) in [6.07, 6.45) is 2.87. The molecule has 0 spiro atoms. The van der Waals surface area contributed by atoms with Crippen LogP contribution in [0.5, 0.6) is 5.75 Å². The molecule has 1 unspecified atom stereocenters. The molecule has 116 valence electrons. The number of amides is 1. The van der Waals surface area contributed by atoms with Gasteiger partial charge in [-0.3, -0.25) is 4.79 Å². The average Bonchev–Trinajstić information content (AvgIpc) is 3.20. The zero-order valence-corrected chi connectivity index (χ0v) is 13.2. The van der Waals surface area contributed by atoms with Crippen LogP contribution in [0.3, 0.4) is 0 Å². The molecule has 0 radical (unpaired) electrons. The Morgan fingerprint density at radius 3 is 2.62 bits per heavy atom. The van der Waals surface area contributed by atoms with Gasteiger partial charge >= 0.3 is 0 Å². The van der Waals surface area contributed by atoms with Gasteiger partial charge in [-0.25, -0.2) is 0 Å². The van der Waals surface area contributed by atoms with E-state index in [-0.39, 0.29) is 17.4 Å². The molecule has 21 heavy (non-hydrogen) atoms. The highest BCUT2D eigenvalue weighted by molar-refractivity contribution is 5.79. The third-order valence-corrected chi connectivity index (χ3v) is 3.72. The van der Waals surface area contributed by atoms with Crippen molar-refractivity contribution in [2.45, 2.75) is 57.5 Å². The predicted octanol–water partition coefficient (Wildman–Crippen LogP) is 2.36. The van der Waals surface area contributed by atoms with Gasteiger partial charge in [0.2, 0.25) is 5.91 Å². The van der Waals surface area contributed by atoms with Gasteiger partial charge in [0.1, 0.15) is 5.75 Å². The van der Waals surface area contributed by atoms with E-state index in [0.29, 0.717) is 19.1 Å². The van der Waals surface area contributed by atoms with E-state index in [1.807, 2.05) is 18.2 Å². The third-order valence-electron chi connectivity index (χ3n) is 3.72. The summed E-state index contributed by atoms with van der Waals surface area (Å²) < 4.78 is 5.90. The topological polar surface area (TPSA) is 64.3 Å². The number of nitrogens with two attached hydrogens (primary N) is 1. The molecule has 1 aliphatic carbocycles. The Bertz CT molecular complexity index is 490. The van der Waals surface area contributed by atoms with Crippen LogP contribution in [-0.4, -0.2) is 24.6 Å². The second kappa shape index (κ2) is 6.48. The monoisotopic (exact) mass is 290 g/mol. The summed E-state index contributed by atoms with van der Waals surface area (Å²) >= 11 is 0. The van der Waals surface area contributed by atoms with E-state index in [9.17, 15) is 4.79 Å². The fourth-order valence-electron chi connectivity index (χ4n) is 2.34. The summed E-state index contributed by atoms with van der Waals surface area (Å²) in [5.41, 5.74) is 6.64. The minimum atomic E-state index is -0.297. The van der Waals surface area contributed by atoms with Crippen LogP contribution >= 0.6 is 0 Å². The van der Waals surface area contributed by atoms with Gasteiger partial charge in [-0.15, -0.1) is 0 Å². The first-order valence-electron chi connectivity index (χ1n) is 7.65. The number of hydrogen-bond acceptors (Lipinski definition) is 3. The third kappa shape index (κ3) is 4.74. The van der Waals surface area contributed by atoms with Gasteiger partial charge in [0, 0.05) is 12.5 Å². The Morgan fingerprint density at radius 2 is 2.05 bits per heavy atom. The Kier molecular flexibility index (Phi) is 4.88. The van der Waals surface area contributed by atoms with E-state index in [0.717, 1.165) is 18.6 Å². The molecule has 4 nitrogen and oxygen atoms in total. The van der Waals surface area contributed by atoms with Crippen molar-refractivity contribution in [3.8, 4) is 5.75 Å². The van der Waals surface area contributed by atoms with Crippen molar-refractivity contribution in [2.24, 2.45) is 5.73 Å². The molecule has 1 amide bonds. The van der Waals surface area contributed by atoms with Crippen molar-refractivity contribution in [3.63, 3.8) is 0 Å². The van der Waals surface area contributed by atoms with Crippen LogP contribution in [0, 0.1) is 0 Å². The van der Waals surface area contributed by atoms with Gasteiger partial charge in [-0.2, -0.15) is 0 Å². The van der Waals surface area contributed by atoms with Crippen LogP contribution < -0.4 is 15.8 Å². The smallest absolute Gasteiger partial charge is 0.234 e. The maximum Gasteiger partial charge on any atom is 0.234 e. The number of hydrogen-bond donors (Lipinski definition) is 2. The highest BCUT2D eigenvalue weighted by Gasteiger charge is 2.27.